The first-order chi connectivity index (χ1) is 7.02. The molecule has 0 aliphatic heterocycles. The third-order valence-corrected chi connectivity index (χ3v) is 3.09. The average molecular weight is 252 g/mol. The smallest absolute Gasteiger partial charge is 0.0431 e. The molecule has 0 unspecified atom stereocenters. The Labute approximate surface area is 104 Å². The lowest BCUT2D eigenvalue weighted by atomic mass is 9.87. The number of hydrogen-bond donors (Lipinski definition) is 1. The van der Waals surface area contributed by atoms with Crippen LogP contribution in [0.1, 0.15) is 46.5 Å². The van der Waals surface area contributed by atoms with Crippen LogP contribution in [0.3, 0.4) is 0 Å². The van der Waals surface area contributed by atoms with Crippen LogP contribution < -0.4 is 5.32 Å². The second kappa shape index (κ2) is 8.43. The largest absolute Gasteiger partial charge is 0.311 e. The third kappa shape index (κ3) is 9.22. The van der Waals surface area contributed by atoms with Gasteiger partial charge in [-0.15, -0.1) is 0 Å². The van der Waals surface area contributed by atoms with E-state index in [1.807, 2.05) is 0 Å². The summed E-state index contributed by atoms with van der Waals surface area (Å²) < 4.78 is 0. The maximum Gasteiger partial charge on any atom is 0.0431 e. The highest BCUT2D eigenvalue weighted by molar-refractivity contribution is 6.36. The Kier molecular flexibility index (Phi) is 8.59. The van der Waals surface area contributed by atoms with E-state index < -0.39 is 0 Å². The lowest BCUT2D eigenvalue weighted by Crippen LogP contribution is -2.30. The van der Waals surface area contributed by atoms with E-state index in [-0.39, 0.29) is 0 Å². The van der Waals surface area contributed by atoms with E-state index >= 15 is 0 Å². The van der Waals surface area contributed by atoms with E-state index in [1.165, 1.54) is 31.2 Å². The van der Waals surface area contributed by atoms with Crippen molar-refractivity contribution in [2.24, 2.45) is 5.41 Å². The summed E-state index contributed by atoms with van der Waals surface area (Å²) >= 11 is 11.3. The molecular formula is C12H23Cl2N. The van der Waals surface area contributed by atoms with Crippen molar-refractivity contribution in [1.82, 2.24) is 5.32 Å². The second-order valence-electron chi connectivity index (χ2n) is 4.78. The monoisotopic (exact) mass is 251 g/mol. The van der Waals surface area contributed by atoms with Gasteiger partial charge in [0.15, 0.2) is 0 Å². The summed E-state index contributed by atoms with van der Waals surface area (Å²) in [6, 6.07) is 0. The number of rotatable bonds is 8. The van der Waals surface area contributed by atoms with E-state index in [4.69, 9.17) is 23.2 Å². The fraction of sp³-hybridized carbons (Fsp3) is 0.833. The minimum Gasteiger partial charge on any atom is -0.311 e. The van der Waals surface area contributed by atoms with Crippen molar-refractivity contribution in [3.05, 3.63) is 10.6 Å². The molecule has 0 fully saturated rings. The fourth-order valence-corrected chi connectivity index (χ4v) is 1.67. The molecule has 0 bridgehead atoms. The van der Waals surface area contributed by atoms with Gasteiger partial charge in [-0.05, 0) is 11.8 Å². The molecule has 0 aliphatic rings. The summed E-state index contributed by atoms with van der Waals surface area (Å²) in [5.41, 5.74) is 1.76. The summed E-state index contributed by atoms with van der Waals surface area (Å²) in [7, 11) is 0. The number of nitrogens with one attached hydrogen (secondary N) is 1. The lowest BCUT2D eigenvalue weighted by molar-refractivity contribution is 0.307. The first-order valence-electron chi connectivity index (χ1n) is 5.67. The summed E-state index contributed by atoms with van der Waals surface area (Å²) in [5.74, 6) is 0. The zero-order chi connectivity index (χ0) is 11.7. The van der Waals surface area contributed by atoms with Gasteiger partial charge in [0.1, 0.15) is 0 Å². The zero-order valence-corrected chi connectivity index (χ0v) is 11.6. The summed E-state index contributed by atoms with van der Waals surface area (Å²) in [5, 5.41) is 3.99. The molecule has 0 saturated carbocycles. The van der Waals surface area contributed by atoms with Crippen molar-refractivity contribution >= 4 is 23.2 Å². The Morgan fingerprint density at radius 3 is 2.53 bits per heavy atom. The van der Waals surface area contributed by atoms with Gasteiger partial charge >= 0.3 is 0 Å². The molecule has 0 aromatic rings. The number of unbranched alkanes of at least 4 members (excludes halogenated alkanes) is 2. The van der Waals surface area contributed by atoms with Crippen LogP contribution in [0.4, 0.5) is 0 Å². The molecule has 0 amide bonds. The van der Waals surface area contributed by atoms with Crippen molar-refractivity contribution in [3.63, 3.8) is 0 Å². The molecule has 0 rings (SSSR count). The molecular weight excluding hydrogens is 229 g/mol. The predicted molar refractivity (Wildman–Crippen MR) is 70.6 cm³/mol. The molecule has 0 saturated heterocycles. The Balaban J connectivity index is 3.64. The highest BCUT2D eigenvalue weighted by Crippen LogP contribution is 2.22. The molecule has 0 aliphatic carbocycles. The number of hydrogen-bond acceptors (Lipinski definition) is 1. The van der Waals surface area contributed by atoms with Crippen LogP contribution in [0.15, 0.2) is 10.6 Å². The normalized spacial score (nSPS) is 13.3. The van der Waals surface area contributed by atoms with Crippen LogP contribution in [0.2, 0.25) is 0 Å². The Morgan fingerprint density at radius 2 is 2.00 bits per heavy atom. The molecule has 90 valence electrons. The van der Waals surface area contributed by atoms with E-state index in [1.54, 1.807) is 0 Å². The van der Waals surface area contributed by atoms with Crippen LogP contribution in [-0.2, 0) is 0 Å². The van der Waals surface area contributed by atoms with Gasteiger partial charge in [-0.3, -0.25) is 0 Å². The first kappa shape index (κ1) is 15.3. The zero-order valence-electron chi connectivity index (χ0n) is 10.1. The van der Waals surface area contributed by atoms with Crippen molar-refractivity contribution in [3.8, 4) is 0 Å². The predicted octanol–water partition coefficient (Wildman–Crippen LogP) is 4.50. The van der Waals surface area contributed by atoms with Crippen LogP contribution in [-0.4, -0.2) is 13.1 Å². The highest BCUT2D eigenvalue weighted by Gasteiger charge is 2.16. The summed E-state index contributed by atoms with van der Waals surface area (Å²) in [6.07, 6.45) is 5.18. The number of halogens is 2. The first-order valence-corrected chi connectivity index (χ1v) is 6.49. The topological polar surface area (TPSA) is 12.0 Å². The van der Waals surface area contributed by atoms with Gasteiger partial charge in [-0.1, -0.05) is 63.2 Å². The van der Waals surface area contributed by atoms with Crippen LogP contribution >= 0.6 is 23.2 Å². The summed E-state index contributed by atoms with van der Waals surface area (Å²) in [6.45, 7) is 8.46. The minimum absolute atomic E-state index is 0.346. The van der Waals surface area contributed by atoms with Crippen LogP contribution in [0.25, 0.3) is 0 Å². The van der Waals surface area contributed by atoms with E-state index in [2.05, 4.69) is 26.1 Å². The van der Waals surface area contributed by atoms with Gasteiger partial charge in [0.2, 0.25) is 0 Å². The van der Waals surface area contributed by atoms with Gasteiger partial charge < -0.3 is 5.32 Å². The highest BCUT2D eigenvalue weighted by atomic mass is 35.5. The standard InChI is InChI=1S/C12H23Cl2N/c1-4-5-6-7-12(2,3)10-15-9-11(14)8-13/h8,15H,4-7,9-10H2,1-3H3. The molecule has 0 spiro atoms. The quantitative estimate of drug-likeness (QED) is 0.627. The molecule has 0 heterocycles. The van der Waals surface area contributed by atoms with E-state index in [9.17, 15) is 0 Å². The lowest BCUT2D eigenvalue weighted by Gasteiger charge is -2.25. The van der Waals surface area contributed by atoms with Crippen molar-refractivity contribution in [2.75, 3.05) is 13.1 Å². The fourth-order valence-electron chi connectivity index (χ4n) is 1.50. The van der Waals surface area contributed by atoms with Gasteiger partial charge in [0.25, 0.3) is 0 Å². The maximum absolute atomic E-state index is 5.79. The minimum atomic E-state index is 0.346. The van der Waals surface area contributed by atoms with Gasteiger partial charge in [0.05, 0.1) is 0 Å². The third-order valence-electron chi connectivity index (χ3n) is 2.47. The molecule has 1 nitrogen and oxygen atoms in total. The van der Waals surface area contributed by atoms with Crippen molar-refractivity contribution in [2.45, 2.75) is 46.5 Å². The molecule has 15 heavy (non-hydrogen) atoms. The molecule has 1 N–H and O–H groups in total. The maximum atomic E-state index is 5.79. The van der Waals surface area contributed by atoms with Gasteiger partial charge in [-0.2, -0.15) is 0 Å². The van der Waals surface area contributed by atoms with E-state index in [0.29, 0.717) is 17.0 Å². The van der Waals surface area contributed by atoms with Crippen LogP contribution in [0, 0.1) is 5.41 Å². The molecule has 0 aromatic carbocycles. The summed E-state index contributed by atoms with van der Waals surface area (Å²) in [4.78, 5) is 0. The second-order valence-corrected chi connectivity index (χ2v) is 5.48. The SMILES string of the molecule is CCCCCC(C)(C)CNCC(Cl)=CCl. The van der Waals surface area contributed by atoms with Gasteiger partial charge in [0, 0.05) is 23.7 Å². The van der Waals surface area contributed by atoms with Crippen molar-refractivity contribution in [1.29, 1.82) is 0 Å². The Bertz CT molecular complexity index is 188. The van der Waals surface area contributed by atoms with E-state index in [0.717, 1.165) is 6.54 Å². The molecule has 0 radical (unpaired) electrons. The van der Waals surface area contributed by atoms with Crippen molar-refractivity contribution < 1.29 is 0 Å². The molecule has 3 heteroatoms. The Morgan fingerprint density at radius 1 is 1.33 bits per heavy atom. The average Bonchev–Trinajstić information content (AvgIpc) is 2.17. The molecule has 0 atom stereocenters. The van der Waals surface area contributed by atoms with Gasteiger partial charge in [-0.25, -0.2) is 0 Å². The Hall–Kier alpha value is 0.280. The molecule has 0 aromatic heterocycles. The van der Waals surface area contributed by atoms with Crippen LogP contribution in [0.5, 0.6) is 0 Å².